The van der Waals surface area contributed by atoms with Crippen LogP contribution in [0.5, 0.6) is 11.6 Å². The Morgan fingerprint density at radius 3 is 2.89 bits per heavy atom. The molecule has 7 nitrogen and oxygen atoms in total. The lowest BCUT2D eigenvalue weighted by Gasteiger charge is -2.14. The molecule has 1 amide bonds. The average molecular weight is 419 g/mol. The van der Waals surface area contributed by atoms with Crippen molar-refractivity contribution in [2.24, 2.45) is 0 Å². The Labute approximate surface area is 171 Å². The van der Waals surface area contributed by atoms with Crippen LogP contribution >= 0.6 is 23.2 Å². The van der Waals surface area contributed by atoms with Gasteiger partial charge in [-0.15, -0.1) is 0 Å². The van der Waals surface area contributed by atoms with E-state index >= 15 is 0 Å². The standard InChI is InChI=1S/C19H16Cl2N4O3/c1-10-7-25(9-22-10)15-4-3-13(24-19(15)27-2)18(26)23-14-8-28-16-6-11(20)5-12(21)17(14)16/h3-7,9,14H,8H2,1-2H3,(H,23,26)/t14-/m1/s1. The molecular weight excluding hydrogens is 403 g/mol. The maximum Gasteiger partial charge on any atom is 0.270 e. The normalized spacial score (nSPS) is 15.1. The molecule has 1 aliphatic rings. The molecule has 0 aliphatic carbocycles. The molecule has 0 bridgehead atoms. The van der Waals surface area contributed by atoms with Crippen LogP contribution in [0.2, 0.25) is 10.0 Å². The highest BCUT2D eigenvalue weighted by atomic mass is 35.5. The quantitative estimate of drug-likeness (QED) is 0.697. The molecule has 2 aromatic heterocycles. The number of aryl methyl sites for hydroxylation is 1. The lowest BCUT2D eigenvalue weighted by molar-refractivity contribution is 0.0924. The molecule has 0 fully saturated rings. The van der Waals surface area contributed by atoms with E-state index in [1.165, 1.54) is 7.11 Å². The predicted octanol–water partition coefficient (Wildman–Crippen LogP) is 3.75. The third-order valence-electron chi connectivity index (χ3n) is 4.37. The van der Waals surface area contributed by atoms with Crippen LogP contribution in [-0.2, 0) is 0 Å². The van der Waals surface area contributed by atoms with Gasteiger partial charge in [-0.05, 0) is 31.2 Å². The van der Waals surface area contributed by atoms with Crippen molar-refractivity contribution in [3.8, 4) is 17.3 Å². The summed E-state index contributed by atoms with van der Waals surface area (Å²) in [5.74, 6) is 0.524. The molecular formula is C19H16Cl2N4O3. The van der Waals surface area contributed by atoms with Gasteiger partial charge in [-0.2, -0.15) is 0 Å². The minimum Gasteiger partial charge on any atom is -0.491 e. The van der Waals surface area contributed by atoms with Gasteiger partial charge in [0, 0.05) is 16.8 Å². The van der Waals surface area contributed by atoms with Gasteiger partial charge in [-0.1, -0.05) is 23.2 Å². The minimum absolute atomic E-state index is 0.218. The van der Waals surface area contributed by atoms with E-state index in [0.29, 0.717) is 32.9 Å². The van der Waals surface area contributed by atoms with Crippen molar-refractivity contribution in [1.82, 2.24) is 19.9 Å². The molecule has 0 saturated carbocycles. The van der Waals surface area contributed by atoms with E-state index in [2.05, 4.69) is 15.3 Å². The third-order valence-corrected chi connectivity index (χ3v) is 4.90. The zero-order valence-corrected chi connectivity index (χ0v) is 16.6. The van der Waals surface area contributed by atoms with Crippen LogP contribution in [-0.4, -0.2) is 34.2 Å². The number of benzene rings is 1. The zero-order valence-electron chi connectivity index (χ0n) is 15.1. The van der Waals surface area contributed by atoms with Crippen LogP contribution in [0.1, 0.15) is 27.8 Å². The summed E-state index contributed by atoms with van der Waals surface area (Å²) in [6, 6.07) is 6.30. The van der Waals surface area contributed by atoms with E-state index in [9.17, 15) is 4.79 Å². The smallest absolute Gasteiger partial charge is 0.270 e. The predicted molar refractivity (Wildman–Crippen MR) is 105 cm³/mol. The summed E-state index contributed by atoms with van der Waals surface area (Å²) in [4.78, 5) is 21.3. The lowest BCUT2D eigenvalue weighted by Crippen LogP contribution is -2.30. The Hall–Kier alpha value is -2.77. The Bertz CT molecular complexity index is 1070. The van der Waals surface area contributed by atoms with Crippen molar-refractivity contribution >= 4 is 29.1 Å². The monoisotopic (exact) mass is 418 g/mol. The number of pyridine rings is 1. The van der Waals surface area contributed by atoms with Gasteiger partial charge in [0.15, 0.2) is 0 Å². The summed E-state index contributed by atoms with van der Waals surface area (Å²) >= 11 is 12.3. The van der Waals surface area contributed by atoms with E-state index in [1.807, 2.05) is 13.1 Å². The van der Waals surface area contributed by atoms with Crippen LogP contribution in [0.15, 0.2) is 36.8 Å². The number of carbonyl (C=O) groups is 1. The van der Waals surface area contributed by atoms with Gasteiger partial charge in [0.1, 0.15) is 23.7 Å². The van der Waals surface area contributed by atoms with Crippen molar-refractivity contribution < 1.29 is 14.3 Å². The number of halogens is 2. The van der Waals surface area contributed by atoms with Crippen LogP contribution in [0.3, 0.4) is 0 Å². The number of aromatic nitrogens is 3. The Balaban J connectivity index is 1.59. The van der Waals surface area contributed by atoms with Crippen LogP contribution in [0.4, 0.5) is 0 Å². The molecule has 4 rings (SSSR count). The number of ether oxygens (including phenoxy) is 2. The number of imidazole rings is 1. The summed E-state index contributed by atoms with van der Waals surface area (Å²) in [7, 11) is 1.50. The van der Waals surface area contributed by atoms with Gasteiger partial charge in [0.25, 0.3) is 5.91 Å². The van der Waals surface area contributed by atoms with E-state index in [0.717, 1.165) is 5.69 Å². The van der Waals surface area contributed by atoms with Crippen molar-refractivity contribution in [3.63, 3.8) is 0 Å². The molecule has 0 radical (unpaired) electrons. The van der Waals surface area contributed by atoms with Crippen LogP contribution < -0.4 is 14.8 Å². The number of fused-ring (bicyclic) bond motifs is 1. The fourth-order valence-electron chi connectivity index (χ4n) is 3.08. The highest BCUT2D eigenvalue weighted by Crippen LogP contribution is 2.40. The number of methoxy groups -OCH3 is 1. The van der Waals surface area contributed by atoms with Gasteiger partial charge in [0.2, 0.25) is 5.88 Å². The fourth-order valence-corrected chi connectivity index (χ4v) is 3.69. The first-order valence-electron chi connectivity index (χ1n) is 8.45. The summed E-state index contributed by atoms with van der Waals surface area (Å²) in [6.07, 6.45) is 3.51. The fraction of sp³-hybridized carbons (Fsp3) is 0.211. The first-order chi connectivity index (χ1) is 13.5. The Kier molecular flexibility index (Phi) is 4.87. The van der Waals surface area contributed by atoms with Crippen LogP contribution in [0, 0.1) is 6.92 Å². The maximum atomic E-state index is 12.7. The second kappa shape index (κ2) is 7.33. The molecule has 0 saturated heterocycles. The molecule has 3 aromatic rings. The number of rotatable bonds is 4. The largest absolute Gasteiger partial charge is 0.491 e. The molecule has 9 heteroatoms. The molecule has 1 aromatic carbocycles. The van der Waals surface area contributed by atoms with Gasteiger partial charge in [-0.3, -0.25) is 4.79 Å². The topological polar surface area (TPSA) is 78.3 Å². The molecule has 1 N–H and O–H groups in total. The second-order valence-corrected chi connectivity index (χ2v) is 7.13. The number of nitrogens with one attached hydrogen (secondary N) is 1. The summed E-state index contributed by atoms with van der Waals surface area (Å²) in [5.41, 5.74) is 2.47. The van der Waals surface area contributed by atoms with Crippen molar-refractivity contribution in [1.29, 1.82) is 0 Å². The minimum atomic E-state index is -0.393. The van der Waals surface area contributed by atoms with E-state index in [-0.39, 0.29) is 18.2 Å². The molecule has 3 heterocycles. The molecule has 1 aliphatic heterocycles. The maximum absolute atomic E-state index is 12.7. The molecule has 1 atom stereocenters. The van der Waals surface area contributed by atoms with Gasteiger partial charge >= 0.3 is 0 Å². The average Bonchev–Trinajstić information content (AvgIpc) is 3.27. The SMILES string of the molecule is COc1nc(C(=O)N[C@@H]2COc3cc(Cl)cc(Cl)c32)ccc1-n1cnc(C)c1. The third kappa shape index (κ3) is 3.39. The number of carbonyl (C=O) groups excluding carboxylic acids is 1. The van der Waals surface area contributed by atoms with Gasteiger partial charge in [-0.25, -0.2) is 9.97 Å². The Morgan fingerprint density at radius 1 is 1.36 bits per heavy atom. The number of nitrogens with zero attached hydrogens (tertiary/aromatic N) is 3. The molecule has 0 unspecified atom stereocenters. The summed E-state index contributed by atoms with van der Waals surface area (Å²) in [5, 5.41) is 3.82. The number of hydrogen-bond acceptors (Lipinski definition) is 5. The zero-order chi connectivity index (χ0) is 19.8. The summed E-state index contributed by atoms with van der Waals surface area (Å²) < 4.78 is 12.7. The molecule has 144 valence electrons. The second-order valence-electron chi connectivity index (χ2n) is 6.28. The highest BCUT2D eigenvalue weighted by Gasteiger charge is 2.29. The molecule has 28 heavy (non-hydrogen) atoms. The van der Waals surface area contributed by atoms with Crippen molar-refractivity contribution in [2.75, 3.05) is 13.7 Å². The number of hydrogen-bond donors (Lipinski definition) is 1. The van der Waals surface area contributed by atoms with Gasteiger partial charge < -0.3 is 19.4 Å². The van der Waals surface area contributed by atoms with Crippen molar-refractivity contribution in [2.45, 2.75) is 13.0 Å². The van der Waals surface area contributed by atoms with Gasteiger partial charge in [0.05, 0.1) is 30.2 Å². The van der Waals surface area contributed by atoms with Crippen LogP contribution in [0.25, 0.3) is 5.69 Å². The Morgan fingerprint density at radius 2 is 2.18 bits per heavy atom. The van der Waals surface area contributed by atoms with Crippen molar-refractivity contribution in [3.05, 3.63) is 63.8 Å². The number of amides is 1. The van der Waals surface area contributed by atoms with E-state index in [1.54, 1.807) is 35.2 Å². The summed E-state index contributed by atoms with van der Waals surface area (Å²) in [6.45, 7) is 2.16. The lowest BCUT2D eigenvalue weighted by atomic mass is 10.1. The van der Waals surface area contributed by atoms with E-state index < -0.39 is 6.04 Å². The molecule has 0 spiro atoms. The first-order valence-corrected chi connectivity index (χ1v) is 9.20. The van der Waals surface area contributed by atoms with E-state index in [4.69, 9.17) is 32.7 Å². The first kappa shape index (κ1) is 18.6. The highest BCUT2D eigenvalue weighted by molar-refractivity contribution is 6.35.